The fraction of sp³-hybridized carbons (Fsp3) is 0.561. The van der Waals surface area contributed by atoms with E-state index in [0.29, 0.717) is 11.8 Å². The van der Waals surface area contributed by atoms with Crippen LogP contribution < -0.4 is 0 Å². The van der Waals surface area contributed by atoms with E-state index in [1.54, 1.807) is 100 Å². The van der Waals surface area contributed by atoms with Gasteiger partial charge in [0.25, 0.3) is 0 Å². The summed E-state index contributed by atoms with van der Waals surface area (Å²) in [7, 11) is 0. The molecule has 0 aromatic carbocycles. The summed E-state index contributed by atoms with van der Waals surface area (Å²) in [5.74, 6) is 0.823. The molecule has 8 aliphatic rings. The first-order valence-corrected chi connectivity index (χ1v) is 16.2. The van der Waals surface area contributed by atoms with Crippen LogP contribution in [0.4, 0.5) is 0 Å². The molecule has 0 heteroatoms. The molecule has 0 radical (unpaired) electrons. The Morgan fingerprint density at radius 1 is 0.293 bits per heavy atom. The topological polar surface area (TPSA) is 0 Å². The lowest BCUT2D eigenvalue weighted by atomic mass is 9.41. The Balaban J connectivity index is 1.74. The molecule has 0 aromatic rings. The molecule has 0 nitrogen and oxygen atoms in total. The second-order valence-electron chi connectivity index (χ2n) is 17.1. The monoisotopic (exact) mass is 542 g/mol. The third kappa shape index (κ3) is 2.08. The van der Waals surface area contributed by atoms with E-state index in [-0.39, 0.29) is 27.1 Å². The maximum absolute atomic E-state index is 2.57. The fourth-order valence-electron chi connectivity index (χ4n) is 12.5. The highest BCUT2D eigenvalue weighted by Gasteiger charge is 2.75. The molecule has 0 aliphatic heterocycles. The van der Waals surface area contributed by atoms with E-state index in [9.17, 15) is 0 Å². The summed E-state index contributed by atoms with van der Waals surface area (Å²) < 4.78 is 0. The zero-order valence-electron chi connectivity index (χ0n) is 28.7. The number of hydrogen-bond donors (Lipinski definition) is 0. The average Bonchev–Trinajstić information content (AvgIpc) is 3.40. The highest BCUT2D eigenvalue weighted by atomic mass is 14.8. The maximum Gasteiger partial charge on any atom is 0.0433 e. The molecular weight excluding hydrogens is 492 g/mol. The first-order valence-electron chi connectivity index (χ1n) is 16.2. The molecule has 0 saturated heterocycles. The van der Waals surface area contributed by atoms with Crippen LogP contribution in [0.5, 0.6) is 0 Å². The predicted molar refractivity (Wildman–Crippen MR) is 173 cm³/mol. The quantitative estimate of drug-likeness (QED) is 0.285. The van der Waals surface area contributed by atoms with Crippen molar-refractivity contribution in [2.75, 3.05) is 0 Å². The number of hydrogen-bond acceptors (Lipinski definition) is 0. The Morgan fingerprint density at radius 3 is 0.878 bits per heavy atom. The molecule has 0 atom stereocenters. The van der Waals surface area contributed by atoms with Crippen molar-refractivity contribution >= 4 is 0 Å². The molecule has 41 heavy (non-hydrogen) atoms. The van der Waals surface area contributed by atoms with Crippen molar-refractivity contribution in [1.82, 2.24) is 0 Å². The van der Waals surface area contributed by atoms with Gasteiger partial charge in [0.05, 0.1) is 0 Å². The molecule has 0 unspecified atom stereocenters. The Bertz CT molecular complexity index is 1690. The highest BCUT2D eigenvalue weighted by molar-refractivity contribution is 5.88. The van der Waals surface area contributed by atoms with E-state index < -0.39 is 0 Å². The Kier molecular flexibility index (Phi) is 4.23. The highest BCUT2D eigenvalue weighted by Crippen LogP contribution is 2.85. The zero-order chi connectivity index (χ0) is 30.0. The van der Waals surface area contributed by atoms with Crippen LogP contribution in [0.2, 0.25) is 0 Å². The summed E-state index contributed by atoms with van der Waals surface area (Å²) >= 11 is 0. The second kappa shape index (κ2) is 6.59. The van der Waals surface area contributed by atoms with Gasteiger partial charge in [-0.3, -0.25) is 0 Å². The van der Waals surface area contributed by atoms with E-state index in [2.05, 4.69) is 111 Å². The van der Waals surface area contributed by atoms with E-state index in [1.165, 1.54) is 0 Å². The minimum absolute atomic E-state index is 0.0512. The van der Waals surface area contributed by atoms with Gasteiger partial charge in [0.15, 0.2) is 0 Å². The van der Waals surface area contributed by atoms with Crippen LogP contribution in [0.1, 0.15) is 111 Å². The normalized spacial score (nSPS) is 36.3. The molecule has 214 valence electrons. The molecule has 0 fully saturated rings. The van der Waals surface area contributed by atoms with Crippen LogP contribution in [-0.4, -0.2) is 0 Å². The predicted octanol–water partition coefficient (Wildman–Crippen LogP) is 11.2. The summed E-state index contributed by atoms with van der Waals surface area (Å²) in [6, 6.07) is 0. The van der Waals surface area contributed by atoms with Gasteiger partial charge in [-0.15, -0.1) is 0 Å². The zero-order valence-corrected chi connectivity index (χ0v) is 28.7. The largest absolute Gasteiger partial charge is 0.0550 e. The fourth-order valence-corrected chi connectivity index (χ4v) is 12.5. The molecule has 0 heterocycles. The number of allylic oxidation sites excluding steroid dienone is 18. The minimum atomic E-state index is -0.0587. The number of rotatable bonds is 0. The molecule has 1 spiro atoms. The van der Waals surface area contributed by atoms with Crippen LogP contribution in [0.25, 0.3) is 0 Å². The summed E-state index contributed by atoms with van der Waals surface area (Å²) in [5.41, 5.74) is 29.7. The van der Waals surface area contributed by atoms with Gasteiger partial charge in [-0.25, -0.2) is 0 Å². The Labute approximate surface area is 249 Å². The molecular formula is C41H50. The summed E-state index contributed by atoms with van der Waals surface area (Å²) in [6.45, 7) is 40.4. The van der Waals surface area contributed by atoms with Crippen molar-refractivity contribution in [2.24, 2.45) is 38.9 Å². The summed E-state index contributed by atoms with van der Waals surface area (Å²) in [6.07, 6.45) is 0. The van der Waals surface area contributed by atoms with Gasteiger partial charge in [0.1, 0.15) is 0 Å². The first kappa shape index (κ1) is 26.3. The average molecular weight is 543 g/mol. The van der Waals surface area contributed by atoms with Crippen molar-refractivity contribution in [2.45, 2.75) is 111 Å². The molecule has 8 aliphatic carbocycles. The van der Waals surface area contributed by atoms with Crippen molar-refractivity contribution in [3.8, 4) is 0 Å². The third-order valence-electron chi connectivity index (χ3n) is 15.4. The molecule has 0 bridgehead atoms. The lowest BCUT2D eigenvalue weighted by Gasteiger charge is -2.60. The van der Waals surface area contributed by atoms with Crippen LogP contribution in [0, 0.1) is 38.9 Å². The van der Waals surface area contributed by atoms with Gasteiger partial charge in [-0.1, -0.05) is 55.4 Å². The second-order valence-corrected chi connectivity index (χ2v) is 17.1. The molecule has 0 amide bonds. The van der Waals surface area contributed by atoms with Crippen molar-refractivity contribution in [3.63, 3.8) is 0 Å². The molecule has 0 aromatic heterocycles. The minimum Gasteiger partial charge on any atom is -0.0550 e. The lowest BCUT2D eigenvalue weighted by Crippen LogP contribution is -2.52. The molecule has 8 rings (SSSR count). The lowest BCUT2D eigenvalue weighted by molar-refractivity contribution is 0.217. The van der Waals surface area contributed by atoms with Gasteiger partial charge >= 0.3 is 0 Å². The third-order valence-corrected chi connectivity index (χ3v) is 15.4. The molecule has 0 N–H and O–H groups in total. The van der Waals surface area contributed by atoms with Crippen molar-refractivity contribution in [1.29, 1.82) is 0 Å². The summed E-state index contributed by atoms with van der Waals surface area (Å²) in [5, 5.41) is 0. The van der Waals surface area contributed by atoms with E-state index >= 15 is 0 Å². The Morgan fingerprint density at radius 2 is 0.561 bits per heavy atom. The van der Waals surface area contributed by atoms with E-state index in [0.717, 1.165) is 0 Å². The van der Waals surface area contributed by atoms with Crippen molar-refractivity contribution in [3.05, 3.63) is 100 Å². The van der Waals surface area contributed by atoms with Crippen LogP contribution >= 0.6 is 0 Å². The van der Waals surface area contributed by atoms with Gasteiger partial charge in [0.2, 0.25) is 0 Å². The van der Waals surface area contributed by atoms with Crippen LogP contribution in [0.15, 0.2) is 100 Å². The Hall–Kier alpha value is -2.34. The maximum atomic E-state index is 2.57. The van der Waals surface area contributed by atoms with Gasteiger partial charge in [-0.05, 0) is 177 Å². The van der Waals surface area contributed by atoms with E-state index in [4.69, 9.17) is 0 Å². The van der Waals surface area contributed by atoms with Crippen LogP contribution in [0.3, 0.4) is 0 Å². The SMILES string of the molecule is CC1=C(C)C2=C(C)C3=C4C(=C(C)C5=C(C)C(C)=C6C(C)=C7C8=C(C(C)=C1C2C84C65)C(C)(C)C7(C)C)C(C)(C)C3(C)C. The van der Waals surface area contributed by atoms with Gasteiger partial charge < -0.3 is 0 Å². The summed E-state index contributed by atoms with van der Waals surface area (Å²) in [4.78, 5) is 0. The van der Waals surface area contributed by atoms with E-state index in [1.807, 2.05) is 0 Å². The first-order chi connectivity index (χ1) is 18.8. The van der Waals surface area contributed by atoms with Gasteiger partial charge in [-0.2, -0.15) is 0 Å². The van der Waals surface area contributed by atoms with Crippen molar-refractivity contribution < 1.29 is 0 Å². The smallest absolute Gasteiger partial charge is 0.0433 e. The molecule has 0 saturated carbocycles. The van der Waals surface area contributed by atoms with Crippen LogP contribution in [-0.2, 0) is 0 Å². The van der Waals surface area contributed by atoms with Gasteiger partial charge in [0, 0.05) is 17.3 Å². The standard InChI is InChI=1S/C41H50/c1-17-18(2)26-22(6)30-36-32(40(15,16)38(30,11)12)24(8)28-20(4)19(3)27-23(7)31-35-29(37(9,10)39(31,13)14)21(5)25(17)33(26)41(35,36)34(27)28/h33-34H,1-16H3.